The molecule has 0 bridgehead atoms. The number of rotatable bonds is 5. The number of nitrogens with zero attached hydrogens (tertiary/aromatic N) is 3. The number of anilines is 1. The Balaban J connectivity index is 1.76. The number of hydrogen-bond donors (Lipinski definition) is 2. The van der Waals surface area contributed by atoms with E-state index in [2.05, 4.69) is 20.6 Å². The van der Waals surface area contributed by atoms with Gasteiger partial charge in [-0.25, -0.2) is 19.3 Å². The predicted molar refractivity (Wildman–Crippen MR) is 112 cm³/mol. The highest BCUT2D eigenvalue weighted by atomic mass is 32.1. The minimum absolute atomic E-state index is 0.138. The molecule has 1 aliphatic rings. The van der Waals surface area contributed by atoms with Crippen molar-refractivity contribution in [1.82, 2.24) is 20.3 Å². The molecule has 2 N–H and O–H groups in total. The minimum atomic E-state index is -0.282. The number of piperidine rings is 1. The van der Waals surface area contributed by atoms with Crippen molar-refractivity contribution < 1.29 is 9.18 Å². The highest BCUT2D eigenvalue weighted by molar-refractivity contribution is 7.15. The van der Waals surface area contributed by atoms with E-state index in [1.54, 1.807) is 36.6 Å². The number of thiazole rings is 1. The SMILES string of the molecule is CCC(=O)Nc1nccc(-c2sc(C3CCNCC3)nc2-c2ccc(F)cc2)n1. The fraction of sp³-hybridized carbons (Fsp3) is 0.333. The maximum absolute atomic E-state index is 13.4. The summed E-state index contributed by atoms with van der Waals surface area (Å²) >= 11 is 1.62. The van der Waals surface area contributed by atoms with Crippen molar-refractivity contribution in [2.24, 2.45) is 0 Å². The standard InChI is InChI=1S/C21H22FN5OS/c1-2-17(28)26-21-24-12-9-16(25-21)19-18(13-3-5-15(22)6-4-13)27-20(29-19)14-7-10-23-11-8-14/h3-6,9,12,14,23H,2,7-8,10-11H2,1H3,(H,24,25,26,28). The lowest BCUT2D eigenvalue weighted by Crippen LogP contribution is -2.26. The first-order valence-electron chi connectivity index (χ1n) is 9.74. The second kappa shape index (κ2) is 8.75. The summed E-state index contributed by atoms with van der Waals surface area (Å²) in [5, 5.41) is 7.15. The van der Waals surface area contributed by atoms with Crippen molar-refractivity contribution in [3.05, 3.63) is 47.4 Å². The molecular formula is C21H22FN5OS. The van der Waals surface area contributed by atoms with Crippen LogP contribution >= 0.6 is 11.3 Å². The van der Waals surface area contributed by atoms with E-state index in [-0.39, 0.29) is 17.7 Å². The summed E-state index contributed by atoms with van der Waals surface area (Å²) in [6.07, 6.45) is 4.07. The van der Waals surface area contributed by atoms with Crippen molar-refractivity contribution in [2.75, 3.05) is 18.4 Å². The van der Waals surface area contributed by atoms with Crippen LogP contribution in [0.15, 0.2) is 36.5 Å². The smallest absolute Gasteiger partial charge is 0.229 e. The van der Waals surface area contributed by atoms with Crippen molar-refractivity contribution in [2.45, 2.75) is 32.1 Å². The lowest BCUT2D eigenvalue weighted by molar-refractivity contribution is -0.115. The first-order chi connectivity index (χ1) is 14.1. The first-order valence-corrected chi connectivity index (χ1v) is 10.6. The van der Waals surface area contributed by atoms with Crippen molar-refractivity contribution in [3.8, 4) is 21.8 Å². The zero-order valence-electron chi connectivity index (χ0n) is 16.1. The van der Waals surface area contributed by atoms with Crippen LogP contribution in [0.2, 0.25) is 0 Å². The Bertz CT molecular complexity index is 999. The van der Waals surface area contributed by atoms with E-state index in [4.69, 9.17) is 4.98 Å². The zero-order valence-corrected chi connectivity index (χ0v) is 16.9. The fourth-order valence-electron chi connectivity index (χ4n) is 3.32. The zero-order chi connectivity index (χ0) is 20.2. The van der Waals surface area contributed by atoms with Crippen molar-refractivity contribution in [3.63, 3.8) is 0 Å². The van der Waals surface area contributed by atoms with Gasteiger partial charge in [0.1, 0.15) is 5.82 Å². The molecule has 3 heterocycles. The molecule has 1 aliphatic heterocycles. The molecule has 0 aliphatic carbocycles. The number of hydrogen-bond acceptors (Lipinski definition) is 6. The van der Waals surface area contributed by atoms with E-state index in [0.29, 0.717) is 18.0 Å². The Kier molecular flexibility index (Phi) is 5.92. The molecule has 4 rings (SSSR count). The molecule has 150 valence electrons. The summed E-state index contributed by atoms with van der Waals surface area (Å²) in [4.78, 5) is 26.2. The monoisotopic (exact) mass is 411 g/mol. The molecule has 8 heteroatoms. The maximum atomic E-state index is 13.4. The van der Waals surface area contributed by atoms with Crippen LogP contribution < -0.4 is 10.6 Å². The van der Waals surface area contributed by atoms with E-state index in [0.717, 1.165) is 47.1 Å². The molecular weight excluding hydrogens is 389 g/mol. The molecule has 1 fully saturated rings. The van der Waals surface area contributed by atoms with E-state index < -0.39 is 0 Å². The summed E-state index contributed by atoms with van der Waals surface area (Å²) in [5.41, 5.74) is 2.33. The van der Waals surface area contributed by atoms with E-state index >= 15 is 0 Å². The number of benzene rings is 1. The second-order valence-corrected chi connectivity index (χ2v) is 7.96. The van der Waals surface area contributed by atoms with Gasteiger partial charge in [0.2, 0.25) is 11.9 Å². The van der Waals surface area contributed by atoms with Crippen molar-refractivity contribution >= 4 is 23.2 Å². The summed E-state index contributed by atoms with van der Waals surface area (Å²) in [6, 6.07) is 8.17. The lowest BCUT2D eigenvalue weighted by Gasteiger charge is -2.20. The fourth-order valence-corrected chi connectivity index (χ4v) is 4.54. The molecule has 0 radical (unpaired) electrons. The average Bonchev–Trinajstić information content (AvgIpc) is 3.20. The molecule has 3 aromatic rings. The van der Waals surface area contributed by atoms with Gasteiger partial charge < -0.3 is 5.32 Å². The first kappa shape index (κ1) is 19.6. The summed E-state index contributed by atoms with van der Waals surface area (Å²) in [6.45, 7) is 3.73. The normalized spacial score (nSPS) is 14.7. The molecule has 0 saturated carbocycles. The molecule has 2 aromatic heterocycles. The van der Waals surface area contributed by atoms with E-state index in [9.17, 15) is 9.18 Å². The third-order valence-electron chi connectivity index (χ3n) is 4.91. The third-order valence-corrected chi connectivity index (χ3v) is 6.15. The van der Waals surface area contributed by atoms with Crippen LogP contribution in [0.1, 0.15) is 37.1 Å². The number of nitrogens with one attached hydrogen (secondary N) is 2. The number of carbonyl (C=O) groups is 1. The molecule has 6 nitrogen and oxygen atoms in total. The molecule has 1 aromatic carbocycles. The minimum Gasteiger partial charge on any atom is -0.317 e. The Morgan fingerprint density at radius 2 is 1.97 bits per heavy atom. The molecule has 1 saturated heterocycles. The predicted octanol–water partition coefficient (Wildman–Crippen LogP) is 4.22. The van der Waals surface area contributed by atoms with Gasteiger partial charge in [0.15, 0.2) is 0 Å². The average molecular weight is 412 g/mol. The maximum Gasteiger partial charge on any atom is 0.229 e. The van der Waals surface area contributed by atoms with Crippen LogP contribution in [0, 0.1) is 5.82 Å². The highest BCUT2D eigenvalue weighted by Gasteiger charge is 2.23. The molecule has 0 atom stereocenters. The number of amides is 1. The van der Waals surface area contributed by atoms with Crippen LogP contribution in [0.3, 0.4) is 0 Å². The Labute approximate surface area is 172 Å². The molecule has 1 amide bonds. The van der Waals surface area contributed by atoms with Crippen LogP contribution in [0.4, 0.5) is 10.3 Å². The molecule has 0 unspecified atom stereocenters. The largest absolute Gasteiger partial charge is 0.317 e. The van der Waals surface area contributed by atoms with Crippen LogP contribution in [-0.2, 0) is 4.79 Å². The lowest BCUT2D eigenvalue weighted by atomic mass is 9.99. The summed E-state index contributed by atoms with van der Waals surface area (Å²) in [7, 11) is 0. The number of aromatic nitrogens is 3. The topological polar surface area (TPSA) is 79.8 Å². The van der Waals surface area contributed by atoms with Gasteiger partial charge in [-0.05, 0) is 56.3 Å². The Hall–Kier alpha value is -2.71. The Morgan fingerprint density at radius 1 is 1.21 bits per heavy atom. The molecule has 0 spiro atoms. The quantitative estimate of drug-likeness (QED) is 0.657. The van der Waals surface area contributed by atoms with Crippen molar-refractivity contribution in [1.29, 1.82) is 0 Å². The number of halogens is 1. The highest BCUT2D eigenvalue weighted by Crippen LogP contribution is 2.40. The van der Waals surface area contributed by atoms with E-state index in [1.165, 1.54) is 12.1 Å². The van der Waals surface area contributed by atoms with Crippen LogP contribution in [-0.4, -0.2) is 33.9 Å². The van der Waals surface area contributed by atoms with Gasteiger partial charge in [-0.15, -0.1) is 11.3 Å². The van der Waals surface area contributed by atoms with Gasteiger partial charge in [0, 0.05) is 24.1 Å². The third kappa shape index (κ3) is 4.49. The van der Waals surface area contributed by atoms with Gasteiger partial charge in [-0.1, -0.05) is 6.92 Å². The van der Waals surface area contributed by atoms with Crippen LogP contribution in [0.5, 0.6) is 0 Å². The Morgan fingerprint density at radius 3 is 2.69 bits per heavy atom. The van der Waals surface area contributed by atoms with Gasteiger partial charge in [-0.3, -0.25) is 10.1 Å². The van der Waals surface area contributed by atoms with Gasteiger partial charge >= 0.3 is 0 Å². The number of carbonyl (C=O) groups excluding carboxylic acids is 1. The second-order valence-electron chi connectivity index (χ2n) is 6.93. The van der Waals surface area contributed by atoms with Crippen LogP contribution in [0.25, 0.3) is 21.8 Å². The summed E-state index contributed by atoms with van der Waals surface area (Å²) < 4.78 is 13.4. The van der Waals surface area contributed by atoms with E-state index in [1.807, 2.05) is 6.07 Å². The van der Waals surface area contributed by atoms with Gasteiger partial charge in [-0.2, -0.15) is 0 Å². The van der Waals surface area contributed by atoms with Gasteiger partial charge in [0.05, 0.1) is 21.3 Å². The molecule has 29 heavy (non-hydrogen) atoms. The van der Waals surface area contributed by atoms with Gasteiger partial charge in [0.25, 0.3) is 0 Å². The summed E-state index contributed by atoms with van der Waals surface area (Å²) in [5.74, 6) is 0.253.